The molecule has 0 saturated heterocycles. The first-order chi connectivity index (χ1) is 9.10. The topological polar surface area (TPSA) is 81.1 Å². The summed E-state index contributed by atoms with van der Waals surface area (Å²) in [7, 11) is 0. The van der Waals surface area contributed by atoms with Gasteiger partial charge in [-0.1, -0.05) is 6.07 Å². The van der Waals surface area contributed by atoms with Crippen LogP contribution < -0.4 is 17.0 Å². The van der Waals surface area contributed by atoms with Gasteiger partial charge in [-0.25, -0.2) is 5.84 Å². The van der Waals surface area contributed by atoms with Crippen molar-refractivity contribution < 1.29 is 4.79 Å². The zero-order chi connectivity index (χ0) is 13.8. The van der Waals surface area contributed by atoms with Crippen LogP contribution in [-0.4, -0.2) is 5.91 Å². The fraction of sp³-hybridized carbons (Fsp3) is 0.154. The van der Waals surface area contributed by atoms with Gasteiger partial charge in [-0.05, 0) is 36.8 Å². The number of nitrogen functional groups attached to an aromatic ring is 2. The summed E-state index contributed by atoms with van der Waals surface area (Å²) >= 11 is 3.17. The van der Waals surface area contributed by atoms with Crippen molar-refractivity contribution in [3.8, 4) is 0 Å². The molecule has 4 nitrogen and oxygen atoms in total. The molecule has 2 aromatic rings. The highest BCUT2D eigenvalue weighted by atomic mass is 32.2. The minimum absolute atomic E-state index is 0.249. The van der Waals surface area contributed by atoms with E-state index < -0.39 is 0 Å². The highest BCUT2D eigenvalue weighted by Gasteiger charge is 2.08. The van der Waals surface area contributed by atoms with Crippen molar-refractivity contribution in [1.82, 2.24) is 5.43 Å². The predicted octanol–water partition coefficient (Wildman–Crippen LogP) is 2.53. The number of hydrogen-bond acceptors (Lipinski definition) is 5. The highest BCUT2D eigenvalue weighted by molar-refractivity contribution is 7.98. The van der Waals surface area contributed by atoms with E-state index in [9.17, 15) is 4.79 Å². The molecule has 1 aromatic heterocycles. The highest BCUT2D eigenvalue weighted by Crippen LogP contribution is 2.30. The molecular formula is C13H15N3OS2. The molecule has 2 rings (SSSR count). The lowest BCUT2D eigenvalue weighted by atomic mass is 10.2. The number of aryl methyl sites for hydroxylation is 1. The van der Waals surface area contributed by atoms with E-state index in [1.165, 1.54) is 21.8 Å². The SMILES string of the molecule is Cc1ccc(N)cc1SCc1ccc(C(=O)NN)s1. The van der Waals surface area contributed by atoms with Gasteiger partial charge in [0.2, 0.25) is 0 Å². The van der Waals surface area contributed by atoms with Crippen molar-refractivity contribution in [3.63, 3.8) is 0 Å². The van der Waals surface area contributed by atoms with Gasteiger partial charge < -0.3 is 5.73 Å². The Hall–Kier alpha value is -1.50. The van der Waals surface area contributed by atoms with Crippen molar-refractivity contribution in [2.24, 2.45) is 5.84 Å². The fourth-order valence-electron chi connectivity index (χ4n) is 1.57. The first kappa shape index (κ1) is 13.9. The van der Waals surface area contributed by atoms with Gasteiger partial charge in [0.1, 0.15) is 0 Å². The Morgan fingerprint density at radius 2 is 2.16 bits per heavy atom. The smallest absolute Gasteiger partial charge is 0.275 e. The maximum absolute atomic E-state index is 11.4. The number of anilines is 1. The van der Waals surface area contributed by atoms with Gasteiger partial charge in [-0.2, -0.15) is 0 Å². The van der Waals surface area contributed by atoms with Crippen LogP contribution in [0.2, 0.25) is 0 Å². The largest absolute Gasteiger partial charge is 0.399 e. The summed E-state index contributed by atoms with van der Waals surface area (Å²) in [5.41, 5.74) is 9.88. The van der Waals surface area contributed by atoms with Crippen molar-refractivity contribution in [2.75, 3.05) is 5.73 Å². The molecule has 5 N–H and O–H groups in total. The number of hydrazine groups is 1. The number of hydrogen-bond donors (Lipinski definition) is 3. The van der Waals surface area contributed by atoms with Gasteiger partial charge in [0, 0.05) is 21.2 Å². The third-order valence-corrected chi connectivity index (χ3v) is 5.07. The summed E-state index contributed by atoms with van der Waals surface area (Å²) in [5, 5.41) is 0. The van der Waals surface area contributed by atoms with Gasteiger partial charge in [0.05, 0.1) is 4.88 Å². The van der Waals surface area contributed by atoms with Crippen LogP contribution in [0.5, 0.6) is 0 Å². The maximum atomic E-state index is 11.4. The van der Waals surface area contributed by atoms with Crippen molar-refractivity contribution in [2.45, 2.75) is 17.6 Å². The van der Waals surface area contributed by atoms with E-state index >= 15 is 0 Å². The summed E-state index contributed by atoms with van der Waals surface area (Å²) in [5.74, 6) is 5.67. The van der Waals surface area contributed by atoms with Gasteiger partial charge in [0.15, 0.2) is 0 Å². The molecule has 0 unspecified atom stereocenters. The number of amides is 1. The number of thiophene rings is 1. The monoisotopic (exact) mass is 293 g/mol. The number of nitrogens with one attached hydrogen (secondary N) is 1. The van der Waals surface area contributed by atoms with E-state index in [4.69, 9.17) is 11.6 Å². The van der Waals surface area contributed by atoms with Gasteiger partial charge >= 0.3 is 0 Å². The van der Waals surface area contributed by atoms with Crippen LogP contribution in [0.1, 0.15) is 20.1 Å². The molecule has 6 heteroatoms. The third-order valence-electron chi connectivity index (χ3n) is 2.60. The molecule has 0 saturated carbocycles. The molecule has 0 bridgehead atoms. The molecule has 0 radical (unpaired) electrons. The molecule has 1 amide bonds. The Labute approximate surface area is 120 Å². The maximum Gasteiger partial charge on any atom is 0.275 e. The Morgan fingerprint density at radius 3 is 2.89 bits per heavy atom. The summed E-state index contributed by atoms with van der Waals surface area (Å²) in [6.45, 7) is 2.06. The number of benzene rings is 1. The van der Waals surface area contributed by atoms with Crippen LogP contribution >= 0.6 is 23.1 Å². The minimum Gasteiger partial charge on any atom is -0.399 e. The van der Waals surface area contributed by atoms with E-state index in [-0.39, 0.29) is 5.91 Å². The van der Waals surface area contributed by atoms with E-state index in [1.807, 2.05) is 24.3 Å². The van der Waals surface area contributed by atoms with E-state index in [0.717, 1.165) is 16.3 Å². The average Bonchev–Trinajstić information content (AvgIpc) is 2.88. The number of rotatable bonds is 4. The molecule has 1 aromatic carbocycles. The third kappa shape index (κ3) is 3.50. The normalized spacial score (nSPS) is 10.4. The van der Waals surface area contributed by atoms with Crippen molar-refractivity contribution in [1.29, 1.82) is 0 Å². The summed E-state index contributed by atoms with van der Waals surface area (Å²) in [4.78, 5) is 14.3. The molecule has 1 heterocycles. The molecular weight excluding hydrogens is 278 g/mol. The van der Waals surface area contributed by atoms with Gasteiger partial charge in [-0.15, -0.1) is 23.1 Å². The number of carbonyl (C=O) groups excluding carboxylic acids is 1. The Balaban J connectivity index is 2.04. The molecule has 0 spiro atoms. The van der Waals surface area contributed by atoms with Crippen LogP contribution in [0.15, 0.2) is 35.2 Å². The van der Waals surface area contributed by atoms with Crippen LogP contribution in [0.3, 0.4) is 0 Å². The molecule has 100 valence electrons. The minimum atomic E-state index is -0.249. The predicted molar refractivity (Wildman–Crippen MR) is 81.1 cm³/mol. The lowest BCUT2D eigenvalue weighted by molar-refractivity contribution is 0.0957. The fourth-order valence-corrected chi connectivity index (χ4v) is 3.60. The van der Waals surface area contributed by atoms with Crippen LogP contribution in [0, 0.1) is 6.92 Å². The van der Waals surface area contributed by atoms with E-state index in [0.29, 0.717) is 4.88 Å². The van der Waals surface area contributed by atoms with Crippen LogP contribution in [0.4, 0.5) is 5.69 Å². The second-order valence-corrected chi connectivity index (χ2v) is 6.24. The number of nitrogens with two attached hydrogens (primary N) is 2. The van der Waals surface area contributed by atoms with Crippen molar-refractivity contribution in [3.05, 3.63) is 45.6 Å². The standard InChI is InChI=1S/C13H15N3OS2/c1-8-2-3-9(14)6-12(8)18-7-10-4-5-11(19-10)13(17)16-15/h2-6H,7,14-15H2,1H3,(H,16,17). The Kier molecular flexibility index (Phi) is 4.47. The Morgan fingerprint density at radius 1 is 1.37 bits per heavy atom. The zero-order valence-electron chi connectivity index (χ0n) is 10.5. The molecule has 19 heavy (non-hydrogen) atoms. The lowest BCUT2D eigenvalue weighted by Gasteiger charge is -2.05. The lowest BCUT2D eigenvalue weighted by Crippen LogP contribution is -2.29. The van der Waals surface area contributed by atoms with Crippen LogP contribution in [0.25, 0.3) is 0 Å². The van der Waals surface area contributed by atoms with E-state index in [2.05, 4.69) is 12.3 Å². The summed E-state index contributed by atoms with van der Waals surface area (Å²) < 4.78 is 0. The zero-order valence-corrected chi connectivity index (χ0v) is 12.1. The van der Waals surface area contributed by atoms with Gasteiger partial charge in [-0.3, -0.25) is 10.2 Å². The summed E-state index contributed by atoms with van der Waals surface area (Å²) in [6.07, 6.45) is 0. The second-order valence-electron chi connectivity index (χ2n) is 4.05. The number of thioether (sulfide) groups is 1. The van der Waals surface area contributed by atoms with Gasteiger partial charge in [0.25, 0.3) is 5.91 Å². The van der Waals surface area contributed by atoms with E-state index in [1.54, 1.807) is 17.8 Å². The van der Waals surface area contributed by atoms with Crippen LogP contribution in [-0.2, 0) is 5.75 Å². The molecule has 0 aliphatic heterocycles. The number of carbonyl (C=O) groups is 1. The summed E-state index contributed by atoms with van der Waals surface area (Å²) in [6, 6.07) is 9.62. The first-order valence-corrected chi connectivity index (χ1v) is 7.49. The quantitative estimate of drug-likeness (QED) is 0.266. The van der Waals surface area contributed by atoms with Crippen molar-refractivity contribution >= 4 is 34.7 Å². The molecule has 0 atom stereocenters. The molecule has 0 aliphatic rings. The average molecular weight is 293 g/mol. The molecule has 0 fully saturated rings. The first-order valence-electron chi connectivity index (χ1n) is 5.68. The molecule has 0 aliphatic carbocycles. The second kappa shape index (κ2) is 6.10. The Bertz CT molecular complexity index is 595.